The van der Waals surface area contributed by atoms with Gasteiger partial charge in [0, 0.05) is 37.4 Å². The second-order valence-corrected chi connectivity index (χ2v) is 8.40. The highest BCUT2D eigenvalue weighted by Gasteiger charge is 2.26. The molecule has 0 unspecified atom stereocenters. The van der Waals surface area contributed by atoms with Crippen LogP contribution in [-0.2, 0) is 4.74 Å². The van der Waals surface area contributed by atoms with Crippen molar-refractivity contribution >= 4 is 41.0 Å². The molecule has 0 spiro atoms. The minimum atomic E-state index is -0.542. The lowest BCUT2D eigenvalue weighted by atomic mass is 10.1. The number of nitrogens with zero attached hydrogens (tertiary/aromatic N) is 4. The number of carbonyl (C=O) groups is 1. The summed E-state index contributed by atoms with van der Waals surface area (Å²) in [6.07, 6.45) is -0.357. The molecule has 1 aliphatic rings. The van der Waals surface area contributed by atoms with Gasteiger partial charge in [-0.2, -0.15) is 0 Å². The van der Waals surface area contributed by atoms with E-state index in [9.17, 15) is 4.79 Å². The number of piperazine rings is 1. The van der Waals surface area contributed by atoms with Crippen molar-refractivity contribution in [3.63, 3.8) is 0 Å². The number of guanidine groups is 1. The van der Waals surface area contributed by atoms with Crippen LogP contribution < -0.4 is 5.73 Å². The van der Waals surface area contributed by atoms with Crippen LogP contribution in [0.2, 0.25) is 10.0 Å². The topological polar surface area (TPSA) is 107 Å². The van der Waals surface area contributed by atoms with Crippen LogP contribution >= 0.6 is 23.2 Å². The molecule has 0 aromatic heterocycles. The Bertz CT molecular complexity index is 836. The van der Waals surface area contributed by atoms with Gasteiger partial charge < -0.3 is 20.3 Å². The van der Waals surface area contributed by atoms with Gasteiger partial charge in [-0.25, -0.2) is 4.79 Å². The first-order valence-corrected chi connectivity index (χ1v) is 9.89. The van der Waals surface area contributed by atoms with Crippen molar-refractivity contribution in [2.45, 2.75) is 33.3 Å². The lowest BCUT2D eigenvalue weighted by molar-refractivity contribution is 0.0186. The molecular formula is C19H26Cl2N6O2. The highest BCUT2D eigenvalue weighted by Crippen LogP contribution is 2.32. The van der Waals surface area contributed by atoms with E-state index in [1.54, 1.807) is 34.9 Å². The molecule has 1 aliphatic heterocycles. The van der Waals surface area contributed by atoms with Crippen LogP contribution in [0, 0.1) is 5.41 Å². The summed E-state index contributed by atoms with van der Waals surface area (Å²) in [6.45, 7) is 8.94. The van der Waals surface area contributed by atoms with Crippen LogP contribution in [0.3, 0.4) is 0 Å². The van der Waals surface area contributed by atoms with E-state index in [1.165, 1.54) is 0 Å². The number of rotatable bonds is 2. The number of halogens is 2. The predicted molar refractivity (Wildman–Crippen MR) is 115 cm³/mol. The minimum absolute atomic E-state index is 0.0225. The number of nitrogens with two attached hydrogens (primary N) is 1. The third-order valence-electron chi connectivity index (χ3n) is 4.06. The van der Waals surface area contributed by atoms with E-state index in [-0.39, 0.29) is 12.1 Å². The van der Waals surface area contributed by atoms with Crippen LogP contribution in [0.5, 0.6) is 0 Å². The fraction of sp³-hybridized carbons (Fsp3) is 0.474. The standard InChI is InChI=1S/C19H26Cl2N6O2/c1-12(22)16(13-6-5-7-14(20)15(13)21)24-25-17(23)26-8-10-27(11-9-26)18(28)29-19(2,3)4/h5-7,23H,8-11,22H2,1-4H3/b16-12+,23-17?,25-24-. The third kappa shape index (κ3) is 6.33. The molecule has 0 bridgehead atoms. The minimum Gasteiger partial charge on any atom is -0.444 e. The van der Waals surface area contributed by atoms with E-state index >= 15 is 0 Å². The van der Waals surface area contributed by atoms with Gasteiger partial charge in [-0.05, 0) is 33.8 Å². The second-order valence-electron chi connectivity index (χ2n) is 7.61. The molecule has 1 fully saturated rings. The number of amides is 1. The van der Waals surface area contributed by atoms with Crippen molar-refractivity contribution in [2.75, 3.05) is 26.2 Å². The maximum atomic E-state index is 12.1. The summed E-state index contributed by atoms with van der Waals surface area (Å²) >= 11 is 12.3. The zero-order valence-electron chi connectivity index (χ0n) is 17.0. The van der Waals surface area contributed by atoms with Crippen molar-refractivity contribution in [1.29, 1.82) is 5.41 Å². The summed E-state index contributed by atoms with van der Waals surface area (Å²) in [5.74, 6) is -0.0225. The Morgan fingerprint density at radius 1 is 1.14 bits per heavy atom. The average molecular weight is 441 g/mol. The normalized spacial score (nSPS) is 16.1. The Morgan fingerprint density at radius 3 is 2.28 bits per heavy atom. The van der Waals surface area contributed by atoms with E-state index in [0.29, 0.717) is 53.2 Å². The first-order valence-electron chi connectivity index (χ1n) is 9.13. The molecule has 158 valence electrons. The van der Waals surface area contributed by atoms with Gasteiger partial charge in [0.05, 0.1) is 10.0 Å². The average Bonchev–Trinajstić information content (AvgIpc) is 2.63. The van der Waals surface area contributed by atoms with Crippen molar-refractivity contribution in [1.82, 2.24) is 9.80 Å². The number of carbonyl (C=O) groups excluding carboxylic acids is 1. The summed E-state index contributed by atoms with van der Waals surface area (Å²) in [4.78, 5) is 15.5. The van der Waals surface area contributed by atoms with E-state index in [2.05, 4.69) is 10.2 Å². The lowest BCUT2D eigenvalue weighted by Gasteiger charge is -2.35. The second kappa shape index (κ2) is 9.45. The first-order chi connectivity index (χ1) is 13.5. The molecule has 1 aromatic rings. The SMILES string of the molecule is C/C(N)=C(\N=N/C(=N)N1CCN(C(=O)OC(C)(C)C)CC1)c1cccc(Cl)c1Cl. The molecule has 1 aromatic carbocycles. The van der Waals surface area contributed by atoms with Gasteiger partial charge in [0.2, 0.25) is 5.96 Å². The van der Waals surface area contributed by atoms with Crippen molar-refractivity contribution in [2.24, 2.45) is 16.0 Å². The van der Waals surface area contributed by atoms with Crippen LogP contribution in [0.15, 0.2) is 34.1 Å². The fourth-order valence-corrected chi connectivity index (χ4v) is 3.01. The zero-order valence-corrected chi connectivity index (χ0v) is 18.5. The number of ether oxygens (including phenoxy) is 1. The molecule has 0 radical (unpaired) electrons. The van der Waals surface area contributed by atoms with E-state index < -0.39 is 5.60 Å². The van der Waals surface area contributed by atoms with Crippen molar-refractivity contribution in [3.05, 3.63) is 39.5 Å². The Hall–Kier alpha value is -2.32. The van der Waals surface area contributed by atoms with Crippen LogP contribution in [0.4, 0.5) is 4.79 Å². The number of benzene rings is 1. The Labute approximate surface area is 180 Å². The fourth-order valence-electron chi connectivity index (χ4n) is 2.62. The van der Waals surface area contributed by atoms with E-state index in [0.717, 1.165) is 0 Å². The highest BCUT2D eigenvalue weighted by molar-refractivity contribution is 6.43. The van der Waals surface area contributed by atoms with E-state index in [1.807, 2.05) is 20.8 Å². The summed E-state index contributed by atoms with van der Waals surface area (Å²) in [5, 5.41) is 17.1. The monoisotopic (exact) mass is 440 g/mol. The number of azo groups is 1. The quantitative estimate of drug-likeness (QED) is 0.398. The lowest BCUT2D eigenvalue weighted by Crippen LogP contribution is -2.51. The summed E-state index contributed by atoms with van der Waals surface area (Å²) in [7, 11) is 0. The molecule has 1 heterocycles. The Balaban J connectivity index is 2.03. The third-order valence-corrected chi connectivity index (χ3v) is 4.87. The van der Waals surface area contributed by atoms with Crippen LogP contribution in [0.25, 0.3) is 5.70 Å². The van der Waals surface area contributed by atoms with Gasteiger partial charge in [-0.3, -0.25) is 5.41 Å². The highest BCUT2D eigenvalue weighted by atomic mass is 35.5. The van der Waals surface area contributed by atoms with Gasteiger partial charge in [0.1, 0.15) is 11.3 Å². The predicted octanol–water partition coefficient (Wildman–Crippen LogP) is 4.58. The molecule has 0 aliphatic carbocycles. The molecule has 8 nitrogen and oxygen atoms in total. The molecule has 1 amide bonds. The first kappa shape index (κ1) is 23.0. The largest absolute Gasteiger partial charge is 0.444 e. The van der Waals surface area contributed by atoms with Gasteiger partial charge in [-0.1, -0.05) is 35.3 Å². The maximum Gasteiger partial charge on any atom is 0.410 e. The molecule has 2 rings (SSSR count). The Morgan fingerprint density at radius 2 is 1.72 bits per heavy atom. The smallest absolute Gasteiger partial charge is 0.410 e. The number of allylic oxidation sites excluding steroid dienone is 1. The summed E-state index contributed by atoms with van der Waals surface area (Å²) in [5.41, 5.74) is 6.70. The maximum absolute atomic E-state index is 12.1. The number of hydrogen-bond donors (Lipinski definition) is 2. The molecule has 10 heteroatoms. The van der Waals surface area contributed by atoms with Gasteiger partial charge in [-0.15, -0.1) is 10.2 Å². The molecule has 1 saturated heterocycles. The molecule has 0 saturated carbocycles. The number of nitrogens with one attached hydrogen (secondary N) is 1. The van der Waals surface area contributed by atoms with Gasteiger partial charge in [0.15, 0.2) is 0 Å². The molecule has 29 heavy (non-hydrogen) atoms. The summed E-state index contributed by atoms with van der Waals surface area (Å²) < 4.78 is 5.38. The molecule has 3 N–H and O–H groups in total. The summed E-state index contributed by atoms with van der Waals surface area (Å²) in [6, 6.07) is 5.14. The van der Waals surface area contributed by atoms with Gasteiger partial charge >= 0.3 is 6.09 Å². The Kier molecular flexibility index (Phi) is 7.48. The van der Waals surface area contributed by atoms with E-state index in [4.69, 9.17) is 39.1 Å². The van der Waals surface area contributed by atoms with Crippen molar-refractivity contribution in [3.8, 4) is 0 Å². The molecule has 0 atom stereocenters. The molecular weight excluding hydrogens is 415 g/mol. The van der Waals surface area contributed by atoms with Crippen LogP contribution in [0.1, 0.15) is 33.3 Å². The van der Waals surface area contributed by atoms with Crippen molar-refractivity contribution < 1.29 is 9.53 Å². The zero-order chi connectivity index (χ0) is 21.8. The van der Waals surface area contributed by atoms with Gasteiger partial charge in [0.25, 0.3) is 0 Å². The van der Waals surface area contributed by atoms with Crippen LogP contribution in [-0.4, -0.2) is 53.6 Å². The number of hydrogen-bond acceptors (Lipinski definition) is 5.